The summed E-state index contributed by atoms with van der Waals surface area (Å²) in [4.78, 5) is 17.4. The van der Waals surface area contributed by atoms with Crippen molar-refractivity contribution < 1.29 is 27.2 Å². The number of methoxy groups -OCH3 is 1. The van der Waals surface area contributed by atoms with Gasteiger partial charge in [0.05, 0.1) is 6.61 Å². The van der Waals surface area contributed by atoms with Crippen LogP contribution in [0.25, 0.3) is 11.4 Å². The Morgan fingerprint density at radius 2 is 1.96 bits per heavy atom. The van der Waals surface area contributed by atoms with Crippen LogP contribution in [0.5, 0.6) is 0 Å². The highest BCUT2D eigenvalue weighted by atomic mass is 19.4. The summed E-state index contributed by atoms with van der Waals surface area (Å²) in [5.74, 6) is -1.64. The van der Waals surface area contributed by atoms with E-state index in [4.69, 9.17) is 4.74 Å². The van der Waals surface area contributed by atoms with E-state index in [1.165, 1.54) is 0 Å². The number of halogens is 3. The molecule has 2 aromatic rings. The average molecular weight is 383 g/mol. The first-order valence-corrected chi connectivity index (χ1v) is 8.17. The van der Waals surface area contributed by atoms with Gasteiger partial charge >= 0.3 is 12.1 Å². The van der Waals surface area contributed by atoms with Gasteiger partial charge in [0.15, 0.2) is 0 Å². The van der Waals surface area contributed by atoms with E-state index in [1.807, 2.05) is 0 Å². The first kappa shape index (κ1) is 20.6. The van der Waals surface area contributed by atoms with Gasteiger partial charge in [0.2, 0.25) is 11.7 Å². The second-order valence-electron chi connectivity index (χ2n) is 5.81. The molecule has 0 bridgehead atoms. The second kappa shape index (κ2) is 8.81. The van der Waals surface area contributed by atoms with Gasteiger partial charge in [-0.05, 0) is 19.4 Å². The molecule has 0 saturated heterocycles. The van der Waals surface area contributed by atoms with Crippen molar-refractivity contribution in [2.75, 3.05) is 20.3 Å². The molecule has 27 heavy (non-hydrogen) atoms. The van der Waals surface area contributed by atoms with Crippen molar-refractivity contribution in [3.63, 3.8) is 0 Å². The molecule has 146 valence electrons. The summed E-state index contributed by atoms with van der Waals surface area (Å²) >= 11 is 0. The van der Waals surface area contributed by atoms with Crippen LogP contribution < -0.4 is 0 Å². The molecule has 0 N–H and O–H groups in total. The van der Waals surface area contributed by atoms with Gasteiger partial charge < -0.3 is 14.2 Å². The molecule has 0 unspecified atom stereocenters. The monoisotopic (exact) mass is 383 g/mol. The van der Waals surface area contributed by atoms with Gasteiger partial charge in [-0.2, -0.15) is 18.2 Å². The molecular formula is C18H20F3N3O3. The number of benzene rings is 1. The Hall–Kier alpha value is -2.68. The molecule has 0 aliphatic rings. The number of alkyl halides is 3. The third kappa shape index (κ3) is 5.40. The van der Waals surface area contributed by atoms with Crippen molar-refractivity contribution in [3.8, 4) is 11.4 Å². The molecule has 0 spiro atoms. The normalized spacial score (nSPS) is 12.3. The Morgan fingerprint density at radius 1 is 1.30 bits per heavy atom. The van der Waals surface area contributed by atoms with E-state index < -0.39 is 12.1 Å². The second-order valence-corrected chi connectivity index (χ2v) is 5.81. The lowest BCUT2D eigenvalue weighted by Crippen LogP contribution is -2.33. The van der Waals surface area contributed by atoms with Crippen molar-refractivity contribution in [2.45, 2.75) is 26.6 Å². The average Bonchev–Trinajstić information content (AvgIpc) is 3.15. The van der Waals surface area contributed by atoms with Gasteiger partial charge in [0, 0.05) is 31.3 Å². The molecule has 0 fully saturated rings. The molecule has 0 atom stereocenters. The number of hydrogen-bond acceptors (Lipinski definition) is 5. The Kier molecular flexibility index (Phi) is 6.73. The summed E-state index contributed by atoms with van der Waals surface area (Å²) < 4.78 is 46.9. The Labute approximate surface area is 154 Å². The van der Waals surface area contributed by atoms with Crippen LogP contribution >= 0.6 is 0 Å². The van der Waals surface area contributed by atoms with Crippen LogP contribution in [0, 0.1) is 0 Å². The molecule has 1 amide bonds. The quantitative estimate of drug-likeness (QED) is 0.682. The number of carbonyl (C=O) groups excluding carboxylic acids is 1. The molecule has 1 heterocycles. The van der Waals surface area contributed by atoms with Crippen LogP contribution in [-0.2, 0) is 22.3 Å². The van der Waals surface area contributed by atoms with Crippen LogP contribution in [0.2, 0.25) is 0 Å². The molecule has 2 rings (SSSR count). The zero-order valence-electron chi connectivity index (χ0n) is 15.2. The fourth-order valence-corrected chi connectivity index (χ4v) is 2.26. The summed E-state index contributed by atoms with van der Waals surface area (Å²) in [7, 11) is 1.56. The minimum atomic E-state index is -4.68. The Balaban J connectivity index is 2.15. The maximum Gasteiger partial charge on any atom is 0.471 e. The summed E-state index contributed by atoms with van der Waals surface area (Å²) in [6.07, 6.45) is -2.95. The van der Waals surface area contributed by atoms with Crippen LogP contribution in [0.4, 0.5) is 13.2 Å². The van der Waals surface area contributed by atoms with Gasteiger partial charge in [-0.3, -0.25) is 4.79 Å². The minimum Gasteiger partial charge on any atom is -0.383 e. The molecule has 9 heteroatoms. The number of carbonyl (C=O) groups is 1. The zero-order chi connectivity index (χ0) is 20.0. The predicted octanol–water partition coefficient (Wildman–Crippen LogP) is 3.70. The van der Waals surface area contributed by atoms with Crippen LogP contribution in [-0.4, -0.2) is 41.2 Å². The summed E-state index contributed by atoms with van der Waals surface area (Å²) in [6, 6.07) is 6.58. The van der Waals surface area contributed by atoms with Crippen LogP contribution in [0.3, 0.4) is 0 Å². The highest BCUT2D eigenvalue weighted by Crippen LogP contribution is 2.29. The molecule has 0 radical (unpaired) electrons. The van der Waals surface area contributed by atoms with E-state index in [0.717, 1.165) is 5.56 Å². The van der Waals surface area contributed by atoms with Crippen LogP contribution in [0.15, 0.2) is 40.4 Å². The Morgan fingerprint density at radius 3 is 2.48 bits per heavy atom. The van der Waals surface area contributed by atoms with Gasteiger partial charge in [-0.15, -0.1) is 0 Å². The molecule has 1 aromatic carbocycles. The molecule has 0 aliphatic heterocycles. The molecule has 1 aromatic heterocycles. The molecule has 0 saturated carbocycles. The summed E-state index contributed by atoms with van der Waals surface area (Å²) in [5, 5.41) is 3.35. The SMILES string of the molecule is CC=C(C)C(=O)N(CCOC)Cc1ccc(-c2noc(C(F)(F)F)n2)cc1. The van der Waals surface area contributed by atoms with Crippen molar-refractivity contribution in [3.05, 3.63) is 47.4 Å². The van der Waals surface area contributed by atoms with E-state index in [0.29, 0.717) is 30.8 Å². The van der Waals surface area contributed by atoms with E-state index in [9.17, 15) is 18.0 Å². The molecule has 0 aliphatic carbocycles. The lowest BCUT2D eigenvalue weighted by Gasteiger charge is -2.23. The van der Waals surface area contributed by atoms with Gasteiger partial charge in [0.25, 0.3) is 0 Å². The van der Waals surface area contributed by atoms with E-state index in [-0.39, 0.29) is 11.7 Å². The maximum absolute atomic E-state index is 12.5. The van der Waals surface area contributed by atoms with Crippen LogP contribution in [0.1, 0.15) is 25.3 Å². The topological polar surface area (TPSA) is 68.5 Å². The van der Waals surface area contributed by atoms with Gasteiger partial charge in [0.1, 0.15) is 0 Å². The fourth-order valence-electron chi connectivity index (χ4n) is 2.26. The number of hydrogen-bond donors (Lipinski definition) is 0. The number of allylic oxidation sites excluding steroid dienone is 1. The third-order valence-electron chi connectivity index (χ3n) is 3.88. The number of aromatic nitrogens is 2. The summed E-state index contributed by atoms with van der Waals surface area (Å²) in [6.45, 7) is 4.68. The highest BCUT2D eigenvalue weighted by Gasteiger charge is 2.38. The smallest absolute Gasteiger partial charge is 0.383 e. The molecule has 6 nitrogen and oxygen atoms in total. The minimum absolute atomic E-state index is 0.105. The number of nitrogens with zero attached hydrogens (tertiary/aromatic N) is 3. The maximum atomic E-state index is 12.5. The lowest BCUT2D eigenvalue weighted by molar-refractivity contribution is -0.159. The largest absolute Gasteiger partial charge is 0.471 e. The fraction of sp³-hybridized carbons (Fsp3) is 0.389. The van der Waals surface area contributed by atoms with Gasteiger partial charge in [-0.25, -0.2) is 0 Å². The number of amides is 1. The van der Waals surface area contributed by atoms with Crippen molar-refractivity contribution in [1.29, 1.82) is 0 Å². The lowest BCUT2D eigenvalue weighted by atomic mass is 10.1. The first-order chi connectivity index (χ1) is 12.8. The predicted molar refractivity (Wildman–Crippen MR) is 91.5 cm³/mol. The number of rotatable bonds is 7. The Bertz CT molecular complexity index is 798. The van der Waals surface area contributed by atoms with Crippen molar-refractivity contribution in [2.24, 2.45) is 0 Å². The molecular weight excluding hydrogens is 363 g/mol. The zero-order valence-corrected chi connectivity index (χ0v) is 15.2. The first-order valence-electron chi connectivity index (χ1n) is 8.17. The van der Waals surface area contributed by atoms with E-state index >= 15 is 0 Å². The van der Waals surface area contributed by atoms with Crippen molar-refractivity contribution in [1.82, 2.24) is 15.0 Å². The standard InChI is InChI=1S/C18H20F3N3O3/c1-4-12(2)16(25)24(9-10-26-3)11-13-5-7-14(8-6-13)15-22-17(27-23-15)18(19,20)21/h4-8H,9-11H2,1-3H3. The van der Waals surface area contributed by atoms with E-state index in [2.05, 4.69) is 14.7 Å². The highest BCUT2D eigenvalue weighted by molar-refractivity contribution is 5.92. The summed E-state index contributed by atoms with van der Waals surface area (Å²) in [5.41, 5.74) is 1.82. The number of ether oxygens (including phenoxy) is 1. The third-order valence-corrected chi connectivity index (χ3v) is 3.88. The van der Waals surface area contributed by atoms with E-state index in [1.54, 1.807) is 56.2 Å². The van der Waals surface area contributed by atoms with Gasteiger partial charge in [-0.1, -0.05) is 35.5 Å². The van der Waals surface area contributed by atoms with Crippen molar-refractivity contribution >= 4 is 5.91 Å².